The zero-order valence-electron chi connectivity index (χ0n) is 33.7. The Kier molecular flexibility index (Phi) is 10.9. The quantitative estimate of drug-likeness (QED) is 0.158. The molecule has 0 amide bonds. The number of anilines is 3. The Morgan fingerprint density at radius 1 is 0.351 bits per heavy atom. The highest BCUT2D eigenvalue weighted by Crippen LogP contribution is 2.52. The van der Waals surface area contributed by atoms with Gasteiger partial charge >= 0.3 is 0 Å². The molecule has 0 unspecified atom stereocenters. The number of aromatic hydroxyl groups is 3. The van der Waals surface area contributed by atoms with Gasteiger partial charge in [0.15, 0.2) is 0 Å². The van der Waals surface area contributed by atoms with Crippen molar-refractivity contribution in [2.24, 2.45) is 0 Å². The van der Waals surface area contributed by atoms with Gasteiger partial charge < -0.3 is 20.2 Å². The summed E-state index contributed by atoms with van der Waals surface area (Å²) in [5, 5.41) is 35.4. The fraction of sp³-hybridized carbons (Fsp3) is 0.132. The third kappa shape index (κ3) is 7.47. The summed E-state index contributed by atoms with van der Waals surface area (Å²) < 4.78 is 0. The number of nitrogens with zero attached hydrogens (tertiary/aromatic N) is 1. The summed E-state index contributed by atoms with van der Waals surface area (Å²) in [6.07, 6.45) is 0. The Morgan fingerprint density at radius 3 is 1.37 bits per heavy atom. The summed E-state index contributed by atoms with van der Waals surface area (Å²) in [4.78, 5) is 2.12. The van der Waals surface area contributed by atoms with Gasteiger partial charge in [-0.05, 0) is 123 Å². The van der Waals surface area contributed by atoms with Gasteiger partial charge in [-0.15, -0.1) is 0 Å². The molecule has 0 saturated heterocycles. The van der Waals surface area contributed by atoms with Crippen molar-refractivity contribution in [2.45, 2.75) is 48.5 Å². The zero-order valence-corrected chi connectivity index (χ0v) is 33.7. The summed E-state index contributed by atoms with van der Waals surface area (Å²) in [5.41, 5.74) is 15.3. The van der Waals surface area contributed by atoms with Crippen LogP contribution in [0, 0.1) is 48.5 Å². The molecule has 0 bridgehead atoms. The van der Waals surface area contributed by atoms with Gasteiger partial charge in [-0.25, -0.2) is 0 Å². The Morgan fingerprint density at radius 2 is 0.807 bits per heavy atom. The molecule has 284 valence electrons. The minimum Gasteiger partial charge on any atom is -0.507 e. The van der Waals surface area contributed by atoms with Gasteiger partial charge in [-0.2, -0.15) is 0 Å². The zero-order chi connectivity index (χ0) is 40.4. The molecular weight excluding hydrogens is 699 g/mol. The predicted octanol–water partition coefficient (Wildman–Crippen LogP) is 14.3. The summed E-state index contributed by atoms with van der Waals surface area (Å²) in [7, 11) is 0. The van der Waals surface area contributed by atoms with Crippen LogP contribution in [0.5, 0.6) is 17.2 Å². The molecule has 0 fully saturated rings. The van der Waals surface area contributed by atoms with E-state index in [0.29, 0.717) is 38.7 Å². The normalized spacial score (nSPS) is 10.9. The van der Waals surface area contributed by atoms with Crippen LogP contribution in [0.1, 0.15) is 38.9 Å². The Hall–Kier alpha value is -6.78. The highest BCUT2D eigenvalue weighted by molar-refractivity contribution is 6.09. The molecule has 4 nitrogen and oxygen atoms in total. The van der Waals surface area contributed by atoms with Crippen molar-refractivity contribution in [3.8, 4) is 50.6 Å². The third-order valence-electron chi connectivity index (χ3n) is 11.1. The van der Waals surface area contributed by atoms with E-state index < -0.39 is 0 Å². The van der Waals surface area contributed by atoms with Crippen LogP contribution in [0.4, 0.5) is 17.1 Å². The van der Waals surface area contributed by atoms with E-state index in [1.54, 1.807) is 6.92 Å². The number of hydrogen-bond donors (Lipinski definition) is 3. The molecule has 0 saturated carbocycles. The average Bonchev–Trinajstić information content (AvgIpc) is 3.24. The molecule has 8 rings (SSSR count). The van der Waals surface area contributed by atoms with Crippen LogP contribution in [0.25, 0.3) is 44.2 Å². The maximum absolute atomic E-state index is 11.6. The minimum atomic E-state index is -0.0318. The molecule has 0 heterocycles. The number of hydrogen-bond acceptors (Lipinski definition) is 4. The fourth-order valence-corrected chi connectivity index (χ4v) is 7.79. The lowest BCUT2D eigenvalue weighted by Gasteiger charge is -2.31. The van der Waals surface area contributed by atoms with E-state index in [2.05, 4.69) is 141 Å². The lowest BCUT2D eigenvalue weighted by Crippen LogP contribution is -2.13. The van der Waals surface area contributed by atoms with Crippen molar-refractivity contribution >= 4 is 27.8 Å². The second kappa shape index (κ2) is 16.1. The molecule has 0 radical (unpaired) electrons. The van der Waals surface area contributed by atoms with Gasteiger partial charge in [-0.3, -0.25) is 0 Å². The van der Waals surface area contributed by atoms with Gasteiger partial charge in [0, 0.05) is 44.4 Å². The predicted molar refractivity (Wildman–Crippen MR) is 240 cm³/mol. The van der Waals surface area contributed by atoms with Crippen molar-refractivity contribution in [1.29, 1.82) is 0 Å². The lowest BCUT2D eigenvalue weighted by molar-refractivity contribution is 0.443. The first-order valence-electron chi connectivity index (χ1n) is 19.4. The molecule has 0 aromatic heterocycles. The second-order valence-corrected chi connectivity index (χ2v) is 14.9. The molecular formula is C53H49NO3. The Labute approximate surface area is 336 Å². The topological polar surface area (TPSA) is 63.9 Å². The van der Waals surface area contributed by atoms with Gasteiger partial charge in [0.25, 0.3) is 0 Å². The first kappa shape index (κ1) is 38.5. The van der Waals surface area contributed by atoms with E-state index in [0.717, 1.165) is 33.6 Å². The molecule has 4 heteroatoms. The average molecular weight is 748 g/mol. The van der Waals surface area contributed by atoms with Gasteiger partial charge in [0.1, 0.15) is 17.2 Å². The molecule has 8 aromatic rings. The minimum absolute atomic E-state index is 0.0318. The highest BCUT2D eigenvalue weighted by atomic mass is 16.3. The SMILES string of the molecule is Cc1ccccc1.Cc1ccccc1-c1cc(-c2ccc(N(c3ccc(-c4ccccc4)cc3)c3c(C)c(O)c(C)c4c(O)c(C)c(O)c(C)c34)cc2)ccc1C. The number of fused-ring (bicyclic) bond motifs is 1. The van der Waals surface area contributed by atoms with E-state index in [4.69, 9.17) is 0 Å². The largest absolute Gasteiger partial charge is 0.507 e. The first-order valence-corrected chi connectivity index (χ1v) is 19.4. The molecule has 8 aromatic carbocycles. The van der Waals surface area contributed by atoms with Crippen molar-refractivity contribution in [1.82, 2.24) is 0 Å². The number of aryl methyl sites for hydroxylation is 5. The molecule has 57 heavy (non-hydrogen) atoms. The van der Waals surface area contributed by atoms with E-state index in [1.807, 2.05) is 57.2 Å². The summed E-state index contributed by atoms with van der Waals surface area (Å²) in [5.74, 6) is 0.119. The molecule has 0 aliphatic rings. The maximum atomic E-state index is 11.6. The maximum Gasteiger partial charge on any atom is 0.130 e. The smallest absolute Gasteiger partial charge is 0.130 e. The van der Waals surface area contributed by atoms with E-state index in [1.165, 1.54) is 27.8 Å². The summed E-state index contributed by atoms with van der Waals surface area (Å²) >= 11 is 0. The Bertz CT molecular complexity index is 2690. The fourth-order valence-electron chi connectivity index (χ4n) is 7.79. The molecule has 0 atom stereocenters. The number of benzene rings is 8. The van der Waals surface area contributed by atoms with Gasteiger partial charge in [0.2, 0.25) is 0 Å². The highest BCUT2D eigenvalue weighted by Gasteiger charge is 2.27. The number of rotatable bonds is 6. The first-order chi connectivity index (χ1) is 27.5. The van der Waals surface area contributed by atoms with Crippen LogP contribution in [-0.4, -0.2) is 15.3 Å². The van der Waals surface area contributed by atoms with E-state index in [9.17, 15) is 15.3 Å². The lowest BCUT2D eigenvalue weighted by atomic mass is 9.90. The van der Waals surface area contributed by atoms with Crippen LogP contribution >= 0.6 is 0 Å². The Balaban J connectivity index is 0.000000641. The van der Waals surface area contributed by atoms with Crippen LogP contribution in [0.2, 0.25) is 0 Å². The van der Waals surface area contributed by atoms with E-state index in [-0.39, 0.29) is 17.2 Å². The monoisotopic (exact) mass is 747 g/mol. The van der Waals surface area contributed by atoms with Gasteiger partial charge in [0.05, 0.1) is 5.69 Å². The third-order valence-corrected chi connectivity index (χ3v) is 11.1. The number of phenolic OH excluding ortho intramolecular Hbond substituents is 3. The van der Waals surface area contributed by atoms with Crippen LogP contribution in [0.3, 0.4) is 0 Å². The summed E-state index contributed by atoms with van der Waals surface area (Å²) in [6, 6.07) is 52.4. The van der Waals surface area contributed by atoms with Crippen molar-refractivity contribution in [3.63, 3.8) is 0 Å². The number of phenols is 3. The second-order valence-electron chi connectivity index (χ2n) is 14.9. The standard InChI is InChI=1S/C46H41NO3.C7H8/c1-27-12-10-11-15-39(27)40-26-36(17-16-28(40)2)35-20-24-38(25-21-35)47(37-22-18-34(19-23-37)33-13-8-7-9-14-33)43-31(5)44(48)30(4)42-41(43)29(3)45(49)32(6)46(42)50;1-7-5-3-2-4-6-7/h7-26,48-50H,1-6H3;2-6H,1H3. The summed E-state index contributed by atoms with van der Waals surface area (Å²) in [6.45, 7) is 13.6. The van der Waals surface area contributed by atoms with Crippen molar-refractivity contribution < 1.29 is 15.3 Å². The van der Waals surface area contributed by atoms with Crippen LogP contribution in [0.15, 0.2) is 152 Å². The van der Waals surface area contributed by atoms with Crippen molar-refractivity contribution in [2.75, 3.05) is 4.90 Å². The van der Waals surface area contributed by atoms with Gasteiger partial charge in [-0.1, -0.05) is 127 Å². The molecule has 0 spiro atoms. The van der Waals surface area contributed by atoms with Crippen LogP contribution in [-0.2, 0) is 0 Å². The van der Waals surface area contributed by atoms with Crippen molar-refractivity contribution in [3.05, 3.63) is 191 Å². The molecule has 0 aliphatic carbocycles. The van der Waals surface area contributed by atoms with E-state index >= 15 is 0 Å². The van der Waals surface area contributed by atoms with Crippen LogP contribution < -0.4 is 4.90 Å². The molecule has 3 N–H and O–H groups in total. The molecule has 0 aliphatic heterocycles.